The molecule has 0 bridgehead atoms. The lowest BCUT2D eigenvalue weighted by Crippen LogP contribution is -2.51. The van der Waals surface area contributed by atoms with Crippen LogP contribution in [-0.2, 0) is 4.74 Å². The number of ether oxygens (including phenoxy) is 1. The van der Waals surface area contributed by atoms with E-state index in [4.69, 9.17) is 9.15 Å². The number of furan rings is 1. The maximum atomic E-state index is 12.5. The number of carbonyl (C=O) groups excluding carboxylic acids is 1. The van der Waals surface area contributed by atoms with Gasteiger partial charge in [-0.15, -0.1) is 0 Å². The number of morpholine rings is 1. The molecule has 1 aromatic rings. The number of amides is 1. The van der Waals surface area contributed by atoms with E-state index in [1.54, 1.807) is 0 Å². The molecule has 1 aromatic heterocycles. The molecule has 0 aromatic carbocycles. The summed E-state index contributed by atoms with van der Waals surface area (Å²) in [6, 6.07) is 2.06. The zero-order valence-electron chi connectivity index (χ0n) is 10.3. The topological polar surface area (TPSA) is 42.7 Å². The predicted molar refractivity (Wildman–Crippen MR) is 69.6 cm³/mol. The molecular weight excluding hydrogens is 298 g/mol. The summed E-state index contributed by atoms with van der Waals surface area (Å²) in [5.41, 5.74) is 0.882. The SMILES string of the molecule is Cc1cc(Br)oc1C(=O)N1CCO[C@@H]2CCC[C@@H]21. The Hall–Kier alpha value is -0.810. The first-order valence-corrected chi connectivity index (χ1v) is 7.14. The summed E-state index contributed by atoms with van der Waals surface area (Å²) in [5, 5.41) is 0. The van der Waals surface area contributed by atoms with E-state index in [9.17, 15) is 4.79 Å². The monoisotopic (exact) mass is 313 g/mol. The van der Waals surface area contributed by atoms with Crippen molar-refractivity contribution in [3.05, 3.63) is 22.1 Å². The third kappa shape index (κ3) is 1.99. The fourth-order valence-electron chi connectivity index (χ4n) is 2.96. The van der Waals surface area contributed by atoms with E-state index in [0.717, 1.165) is 24.8 Å². The fourth-order valence-corrected chi connectivity index (χ4v) is 3.47. The van der Waals surface area contributed by atoms with E-state index < -0.39 is 0 Å². The average Bonchev–Trinajstić information content (AvgIpc) is 2.94. The van der Waals surface area contributed by atoms with Crippen LogP contribution in [0.25, 0.3) is 0 Å². The third-order valence-corrected chi connectivity index (χ3v) is 4.22. The Morgan fingerprint density at radius 2 is 2.33 bits per heavy atom. The van der Waals surface area contributed by atoms with Crippen molar-refractivity contribution < 1.29 is 13.9 Å². The molecule has 3 rings (SSSR count). The highest BCUT2D eigenvalue weighted by Crippen LogP contribution is 2.31. The van der Waals surface area contributed by atoms with Gasteiger partial charge >= 0.3 is 0 Å². The molecule has 4 nitrogen and oxygen atoms in total. The summed E-state index contributed by atoms with van der Waals surface area (Å²) in [6.07, 6.45) is 3.47. The molecular formula is C13H16BrNO3. The van der Waals surface area contributed by atoms with Gasteiger partial charge in [-0.25, -0.2) is 0 Å². The van der Waals surface area contributed by atoms with Crippen molar-refractivity contribution in [1.29, 1.82) is 0 Å². The number of rotatable bonds is 1. The molecule has 1 aliphatic carbocycles. The summed E-state index contributed by atoms with van der Waals surface area (Å²) in [7, 11) is 0. The second-order valence-electron chi connectivity index (χ2n) is 4.97. The second-order valence-corrected chi connectivity index (χ2v) is 5.75. The number of aryl methyl sites for hydroxylation is 1. The molecule has 1 aliphatic heterocycles. The molecule has 0 spiro atoms. The highest BCUT2D eigenvalue weighted by atomic mass is 79.9. The highest BCUT2D eigenvalue weighted by molar-refractivity contribution is 9.10. The first-order chi connectivity index (χ1) is 8.66. The van der Waals surface area contributed by atoms with Gasteiger partial charge in [0.05, 0.1) is 18.8 Å². The predicted octanol–water partition coefficient (Wildman–Crippen LogP) is 2.74. The van der Waals surface area contributed by atoms with Gasteiger partial charge in [-0.2, -0.15) is 0 Å². The van der Waals surface area contributed by atoms with Gasteiger partial charge in [-0.05, 0) is 48.2 Å². The summed E-state index contributed by atoms with van der Waals surface area (Å²) in [4.78, 5) is 14.5. The van der Waals surface area contributed by atoms with E-state index in [0.29, 0.717) is 23.6 Å². The number of halogens is 1. The van der Waals surface area contributed by atoms with Crippen LogP contribution in [-0.4, -0.2) is 36.1 Å². The maximum absolute atomic E-state index is 12.5. The fraction of sp³-hybridized carbons (Fsp3) is 0.615. The molecule has 0 radical (unpaired) electrons. The van der Waals surface area contributed by atoms with Crippen LogP contribution in [0.3, 0.4) is 0 Å². The van der Waals surface area contributed by atoms with Crippen LogP contribution in [0.2, 0.25) is 0 Å². The Bertz CT molecular complexity index is 471. The molecule has 1 saturated heterocycles. The van der Waals surface area contributed by atoms with Crippen LogP contribution in [0.1, 0.15) is 35.4 Å². The van der Waals surface area contributed by atoms with E-state index in [1.165, 1.54) is 0 Å². The van der Waals surface area contributed by atoms with Crippen LogP contribution in [0.5, 0.6) is 0 Å². The summed E-state index contributed by atoms with van der Waals surface area (Å²) >= 11 is 3.27. The van der Waals surface area contributed by atoms with E-state index in [2.05, 4.69) is 15.9 Å². The van der Waals surface area contributed by atoms with Crippen LogP contribution < -0.4 is 0 Å². The molecule has 2 atom stereocenters. The summed E-state index contributed by atoms with van der Waals surface area (Å²) in [6.45, 7) is 3.19. The largest absolute Gasteiger partial charge is 0.444 e. The zero-order valence-corrected chi connectivity index (χ0v) is 11.9. The standard InChI is InChI=1S/C13H16BrNO3/c1-8-7-11(14)18-12(8)13(16)15-5-6-17-10-4-2-3-9(10)15/h7,9-10H,2-6H2,1H3/t9-,10+/m0/s1. The Kier molecular flexibility index (Phi) is 3.20. The Morgan fingerprint density at radius 1 is 1.50 bits per heavy atom. The molecule has 5 heteroatoms. The van der Waals surface area contributed by atoms with Gasteiger partial charge in [0.2, 0.25) is 0 Å². The van der Waals surface area contributed by atoms with Gasteiger partial charge in [-0.3, -0.25) is 4.79 Å². The van der Waals surface area contributed by atoms with E-state index in [-0.39, 0.29) is 18.1 Å². The first-order valence-electron chi connectivity index (χ1n) is 6.35. The van der Waals surface area contributed by atoms with E-state index in [1.807, 2.05) is 17.9 Å². The molecule has 1 amide bonds. The van der Waals surface area contributed by atoms with Gasteiger partial charge in [0.1, 0.15) is 0 Å². The Morgan fingerprint density at radius 3 is 3.06 bits per heavy atom. The number of fused-ring (bicyclic) bond motifs is 1. The second kappa shape index (κ2) is 4.70. The number of hydrogen-bond acceptors (Lipinski definition) is 3. The number of hydrogen-bond donors (Lipinski definition) is 0. The molecule has 0 N–H and O–H groups in total. The molecule has 2 heterocycles. The van der Waals surface area contributed by atoms with Gasteiger partial charge in [-0.1, -0.05) is 0 Å². The smallest absolute Gasteiger partial charge is 0.290 e. The minimum Gasteiger partial charge on any atom is -0.444 e. The molecule has 2 fully saturated rings. The van der Waals surface area contributed by atoms with Crippen LogP contribution in [0.4, 0.5) is 0 Å². The Labute approximate surface area is 114 Å². The average molecular weight is 314 g/mol. The van der Waals surface area contributed by atoms with Crippen LogP contribution in [0.15, 0.2) is 15.2 Å². The lowest BCUT2D eigenvalue weighted by Gasteiger charge is -2.37. The third-order valence-electron chi connectivity index (χ3n) is 3.82. The quantitative estimate of drug-likeness (QED) is 0.800. The van der Waals surface area contributed by atoms with Gasteiger partial charge in [0.15, 0.2) is 10.4 Å². The van der Waals surface area contributed by atoms with Crippen LogP contribution in [0, 0.1) is 6.92 Å². The molecule has 2 aliphatic rings. The normalized spacial score (nSPS) is 27.3. The van der Waals surface area contributed by atoms with Crippen molar-refractivity contribution in [2.45, 2.75) is 38.3 Å². The van der Waals surface area contributed by atoms with Crippen molar-refractivity contribution in [1.82, 2.24) is 4.90 Å². The van der Waals surface area contributed by atoms with Crippen molar-refractivity contribution in [2.24, 2.45) is 0 Å². The Balaban J connectivity index is 1.85. The van der Waals surface area contributed by atoms with Crippen molar-refractivity contribution in [2.75, 3.05) is 13.2 Å². The summed E-state index contributed by atoms with van der Waals surface area (Å²) < 4.78 is 11.8. The van der Waals surface area contributed by atoms with Gasteiger partial charge < -0.3 is 14.1 Å². The van der Waals surface area contributed by atoms with Gasteiger partial charge in [0, 0.05) is 12.1 Å². The van der Waals surface area contributed by atoms with E-state index >= 15 is 0 Å². The lowest BCUT2D eigenvalue weighted by molar-refractivity contribution is -0.0454. The van der Waals surface area contributed by atoms with Crippen molar-refractivity contribution in [3.8, 4) is 0 Å². The van der Waals surface area contributed by atoms with Crippen molar-refractivity contribution >= 4 is 21.8 Å². The molecule has 0 unspecified atom stereocenters. The van der Waals surface area contributed by atoms with Crippen molar-refractivity contribution in [3.63, 3.8) is 0 Å². The van der Waals surface area contributed by atoms with Gasteiger partial charge in [0.25, 0.3) is 5.91 Å². The zero-order chi connectivity index (χ0) is 12.7. The maximum Gasteiger partial charge on any atom is 0.290 e. The number of nitrogens with zero attached hydrogens (tertiary/aromatic N) is 1. The van der Waals surface area contributed by atoms with Crippen LogP contribution >= 0.6 is 15.9 Å². The highest BCUT2D eigenvalue weighted by Gasteiger charge is 2.39. The molecule has 1 saturated carbocycles. The minimum atomic E-state index is -0.00148. The molecule has 98 valence electrons. The summed E-state index contributed by atoms with van der Waals surface area (Å²) in [5.74, 6) is 0.452. The molecule has 18 heavy (non-hydrogen) atoms. The number of carbonyl (C=O) groups is 1. The minimum absolute atomic E-state index is 0.00148. The lowest BCUT2D eigenvalue weighted by atomic mass is 10.1. The first kappa shape index (κ1) is 12.2.